The van der Waals surface area contributed by atoms with Crippen molar-refractivity contribution in [1.82, 2.24) is 0 Å². The molecule has 1 atom stereocenters. The van der Waals surface area contributed by atoms with Gasteiger partial charge in [-0.1, -0.05) is 68.1 Å². The highest BCUT2D eigenvalue weighted by Crippen LogP contribution is 2.42. The van der Waals surface area contributed by atoms with Crippen LogP contribution in [0, 0.1) is 6.92 Å². The molecule has 0 saturated carbocycles. The highest BCUT2D eigenvalue weighted by Gasteiger charge is 2.43. The minimum atomic E-state index is -0.647. The first kappa shape index (κ1) is 24.1. The Labute approximate surface area is 215 Å². The Balaban J connectivity index is 1.57. The molecule has 1 amide bonds. The summed E-state index contributed by atoms with van der Waals surface area (Å²) in [6.07, 6.45) is 4.54. The quantitative estimate of drug-likeness (QED) is 0.235. The van der Waals surface area contributed by atoms with E-state index in [9.17, 15) is 9.59 Å². The van der Waals surface area contributed by atoms with Crippen molar-refractivity contribution in [2.24, 2.45) is 0 Å². The lowest BCUT2D eigenvalue weighted by Crippen LogP contribution is -2.29. The molecule has 0 radical (unpaired) electrons. The van der Waals surface area contributed by atoms with Gasteiger partial charge in [-0.2, -0.15) is 0 Å². The standard InChI is InChI=1S/C30H28ClNO4/c1-3-4-5-8-17-35-22-15-12-20(13-16-22)27-26-28(33)23-9-6-7-10-25(23)36-29(26)30(34)32(27)21-14-11-19(2)24(31)18-21/h6-7,9-16,18,27H,3-5,8,17H2,1-2H3. The van der Waals surface area contributed by atoms with Crippen molar-refractivity contribution >= 4 is 34.2 Å². The molecule has 0 saturated heterocycles. The van der Waals surface area contributed by atoms with Crippen LogP contribution in [-0.4, -0.2) is 12.5 Å². The molecule has 5 nitrogen and oxygen atoms in total. The first-order valence-electron chi connectivity index (χ1n) is 12.4. The van der Waals surface area contributed by atoms with Crippen LogP contribution in [0.3, 0.4) is 0 Å². The molecular weight excluding hydrogens is 474 g/mol. The highest BCUT2D eigenvalue weighted by molar-refractivity contribution is 6.31. The Hall–Kier alpha value is -3.57. The number of fused-ring (bicyclic) bond motifs is 2. The van der Waals surface area contributed by atoms with Crippen LogP contribution in [0.4, 0.5) is 5.69 Å². The SMILES string of the molecule is CCCCCCOc1ccc(C2c3c(oc4ccccc4c3=O)C(=O)N2c2ccc(C)c(Cl)c2)cc1. The minimum absolute atomic E-state index is 0.0663. The number of amides is 1. The third-order valence-electron chi connectivity index (χ3n) is 6.67. The van der Waals surface area contributed by atoms with E-state index in [-0.39, 0.29) is 17.1 Å². The number of aryl methyl sites for hydroxylation is 1. The van der Waals surface area contributed by atoms with E-state index in [0.29, 0.717) is 33.8 Å². The normalized spacial score (nSPS) is 14.9. The van der Waals surface area contributed by atoms with Gasteiger partial charge in [0.1, 0.15) is 11.3 Å². The molecule has 1 aliphatic heterocycles. The van der Waals surface area contributed by atoms with Crippen molar-refractivity contribution in [2.45, 2.75) is 45.6 Å². The molecule has 2 heterocycles. The molecule has 0 aliphatic carbocycles. The van der Waals surface area contributed by atoms with Crippen LogP contribution in [-0.2, 0) is 0 Å². The number of nitrogens with zero attached hydrogens (tertiary/aromatic N) is 1. The van der Waals surface area contributed by atoms with Gasteiger partial charge in [0.25, 0.3) is 5.91 Å². The van der Waals surface area contributed by atoms with Gasteiger partial charge in [-0.25, -0.2) is 0 Å². The van der Waals surface area contributed by atoms with E-state index >= 15 is 0 Å². The van der Waals surface area contributed by atoms with Crippen molar-refractivity contribution in [1.29, 1.82) is 0 Å². The lowest BCUT2D eigenvalue weighted by atomic mass is 9.98. The summed E-state index contributed by atoms with van der Waals surface area (Å²) in [5, 5.41) is 0.996. The zero-order chi connectivity index (χ0) is 25.2. The molecular formula is C30H28ClNO4. The van der Waals surface area contributed by atoms with Crippen molar-refractivity contribution in [3.05, 3.63) is 104 Å². The van der Waals surface area contributed by atoms with Crippen LogP contribution in [0.5, 0.6) is 5.75 Å². The topological polar surface area (TPSA) is 59.8 Å². The van der Waals surface area contributed by atoms with Gasteiger partial charge in [-0.3, -0.25) is 14.5 Å². The van der Waals surface area contributed by atoms with Gasteiger partial charge in [0.05, 0.1) is 23.6 Å². The molecule has 6 heteroatoms. The van der Waals surface area contributed by atoms with E-state index in [0.717, 1.165) is 29.7 Å². The summed E-state index contributed by atoms with van der Waals surface area (Å²) >= 11 is 6.42. The van der Waals surface area contributed by atoms with Gasteiger partial charge < -0.3 is 9.15 Å². The van der Waals surface area contributed by atoms with Crippen LogP contribution in [0.15, 0.2) is 75.9 Å². The molecule has 4 aromatic rings. The smallest absolute Gasteiger partial charge is 0.295 e. The summed E-state index contributed by atoms with van der Waals surface area (Å²) in [5.74, 6) is 0.459. The fourth-order valence-corrected chi connectivity index (χ4v) is 4.87. The molecule has 1 unspecified atom stereocenters. The third-order valence-corrected chi connectivity index (χ3v) is 7.08. The molecule has 0 bridgehead atoms. The highest BCUT2D eigenvalue weighted by atomic mass is 35.5. The number of unbranched alkanes of at least 4 members (excludes halogenated alkanes) is 3. The summed E-state index contributed by atoms with van der Waals surface area (Å²) in [6.45, 7) is 4.75. The van der Waals surface area contributed by atoms with E-state index in [1.807, 2.05) is 43.3 Å². The summed E-state index contributed by atoms with van der Waals surface area (Å²) in [7, 11) is 0. The van der Waals surface area contributed by atoms with Crippen LogP contribution < -0.4 is 15.1 Å². The number of carbonyl (C=O) groups is 1. The Morgan fingerprint density at radius 1 is 0.972 bits per heavy atom. The molecule has 36 heavy (non-hydrogen) atoms. The number of anilines is 1. The van der Waals surface area contributed by atoms with Crippen LogP contribution >= 0.6 is 11.6 Å². The van der Waals surface area contributed by atoms with Gasteiger partial charge in [0.15, 0.2) is 5.43 Å². The maximum absolute atomic E-state index is 13.7. The Bertz CT molecular complexity index is 1480. The number of benzene rings is 3. The van der Waals surface area contributed by atoms with Gasteiger partial charge >= 0.3 is 0 Å². The van der Waals surface area contributed by atoms with Crippen molar-refractivity contribution < 1.29 is 13.9 Å². The van der Waals surface area contributed by atoms with Crippen LogP contribution in [0.25, 0.3) is 11.0 Å². The maximum atomic E-state index is 13.7. The zero-order valence-electron chi connectivity index (χ0n) is 20.4. The number of para-hydroxylation sites is 1. The van der Waals surface area contributed by atoms with Crippen LogP contribution in [0.1, 0.15) is 65.9 Å². The molecule has 184 valence electrons. The molecule has 5 rings (SSSR count). The number of halogens is 1. The predicted molar refractivity (Wildman–Crippen MR) is 143 cm³/mol. The van der Waals surface area contributed by atoms with Gasteiger partial charge in [-0.15, -0.1) is 0 Å². The fraction of sp³-hybridized carbons (Fsp3) is 0.267. The van der Waals surface area contributed by atoms with Crippen molar-refractivity contribution in [3.63, 3.8) is 0 Å². The van der Waals surface area contributed by atoms with Gasteiger partial charge in [0, 0.05) is 10.7 Å². The van der Waals surface area contributed by atoms with Crippen molar-refractivity contribution in [3.8, 4) is 5.75 Å². The van der Waals surface area contributed by atoms with E-state index in [1.54, 1.807) is 35.2 Å². The average molecular weight is 502 g/mol. The largest absolute Gasteiger partial charge is 0.494 e. The molecule has 0 spiro atoms. The van der Waals surface area contributed by atoms with Gasteiger partial charge in [0.2, 0.25) is 5.76 Å². The number of hydrogen-bond donors (Lipinski definition) is 0. The number of carbonyl (C=O) groups excluding carboxylic acids is 1. The average Bonchev–Trinajstić information content (AvgIpc) is 3.18. The summed E-state index contributed by atoms with van der Waals surface area (Å²) in [6, 6.07) is 19.4. The zero-order valence-corrected chi connectivity index (χ0v) is 21.2. The maximum Gasteiger partial charge on any atom is 0.295 e. The lowest BCUT2D eigenvalue weighted by molar-refractivity contribution is 0.0971. The summed E-state index contributed by atoms with van der Waals surface area (Å²) in [4.78, 5) is 28.9. The lowest BCUT2D eigenvalue weighted by Gasteiger charge is -2.26. The molecule has 0 N–H and O–H groups in total. The number of rotatable bonds is 8. The monoisotopic (exact) mass is 501 g/mol. The molecule has 3 aromatic carbocycles. The van der Waals surface area contributed by atoms with Crippen molar-refractivity contribution in [2.75, 3.05) is 11.5 Å². The fourth-order valence-electron chi connectivity index (χ4n) is 4.70. The summed E-state index contributed by atoms with van der Waals surface area (Å²) in [5.41, 5.74) is 2.82. The second-order valence-electron chi connectivity index (χ2n) is 9.16. The third kappa shape index (κ3) is 4.40. The van der Waals surface area contributed by atoms with E-state index in [2.05, 4.69) is 6.92 Å². The Morgan fingerprint density at radius 3 is 2.50 bits per heavy atom. The molecule has 1 aromatic heterocycles. The first-order valence-corrected chi connectivity index (χ1v) is 12.8. The van der Waals surface area contributed by atoms with E-state index in [1.165, 1.54) is 12.8 Å². The first-order chi connectivity index (χ1) is 17.5. The predicted octanol–water partition coefficient (Wildman–Crippen LogP) is 7.46. The number of ether oxygens (including phenoxy) is 1. The van der Waals surface area contributed by atoms with E-state index < -0.39 is 6.04 Å². The number of hydrogen-bond acceptors (Lipinski definition) is 4. The Morgan fingerprint density at radius 2 is 1.75 bits per heavy atom. The van der Waals surface area contributed by atoms with Crippen LogP contribution in [0.2, 0.25) is 5.02 Å². The van der Waals surface area contributed by atoms with Gasteiger partial charge in [-0.05, 0) is 60.9 Å². The molecule has 1 aliphatic rings. The summed E-state index contributed by atoms with van der Waals surface area (Å²) < 4.78 is 11.9. The second kappa shape index (κ2) is 10.2. The molecule has 0 fully saturated rings. The van der Waals surface area contributed by atoms with E-state index in [4.69, 9.17) is 20.8 Å². The Kier molecular flexibility index (Phi) is 6.84. The minimum Gasteiger partial charge on any atom is -0.494 e. The second-order valence-corrected chi connectivity index (χ2v) is 9.57.